The zero-order valence-corrected chi connectivity index (χ0v) is 17.9. The van der Waals surface area contributed by atoms with E-state index in [-0.39, 0.29) is 31.1 Å². The Hall–Kier alpha value is -2.83. The van der Waals surface area contributed by atoms with Gasteiger partial charge in [-0.15, -0.1) is 0 Å². The van der Waals surface area contributed by atoms with Crippen LogP contribution >= 0.6 is 22.6 Å². The van der Waals surface area contributed by atoms with Crippen molar-refractivity contribution in [2.75, 3.05) is 13.1 Å². The van der Waals surface area contributed by atoms with Crippen molar-refractivity contribution in [3.63, 3.8) is 0 Å². The third-order valence-corrected chi connectivity index (χ3v) is 5.59. The van der Waals surface area contributed by atoms with Crippen molar-refractivity contribution < 1.29 is 18.5 Å². The summed E-state index contributed by atoms with van der Waals surface area (Å²) in [5.41, 5.74) is 2.09. The highest BCUT2D eigenvalue weighted by molar-refractivity contribution is 14.1. The number of benzene rings is 1. The summed E-state index contributed by atoms with van der Waals surface area (Å²) in [5.74, 6) is -1.32. The number of hydrogen-bond acceptors (Lipinski definition) is 6. The summed E-state index contributed by atoms with van der Waals surface area (Å²) in [6.07, 6.45) is 0. The fourth-order valence-electron chi connectivity index (χ4n) is 2.53. The minimum Gasteiger partial charge on any atom is -0.350 e. The number of carbonyl (C=O) groups is 2. The van der Waals surface area contributed by atoms with E-state index in [1.165, 1.54) is 18.2 Å². The Morgan fingerprint density at radius 3 is 2.59 bits per heavy atom. The Balaban J connectivity index is 1.48. The van der Waals surface area contributed by atoms with Crippen LogP contribution in [0.5, 0.6) is 0 Å². The number of carbonyl (C=O) groups excluding carboxylic acids is 2. The van der Waals surface area contributed by atoms with Gasteiger partial charge in [0.2, 0.25) is 0 Å². The number of nitrogens with zero attached hydrogens (tertiary/aromatic N) is 4. The molecule has 0 saturated carbocycles. The largest absolute Gasteiger partial charge is 0.350 e. The van der Waals surface area contributed by atoms with Crippen LogP contribution in [0, 0.1) is 23.2 Å². The molecule has 0 bridgehead atoms. The van der Waals surface area contributed by atoms with E-state index < -0.39 is 17.6 Å². The van der Waals surface area contributed by atoms with Gasteiger partial charge in [0, 0.05) is 24.3 Å². The standard InChI is InChI=1S/C18H18FIN6O3/c1-10-15(20)11(2)26(24-10)9-14-23-18(29-25-14)17(28)22-7-6-21-16(27)12-4-3-5-13(19)8-12/h3-5,8H,6-7,9H2,1-2H3,(H,21,27)(H,22,28). The van der Waals surface area contributed by atoms with Crippen LogP contribution in [0.3, 0.4) is 0 Å². The molecule has 0 fully saturated rings. The summed E-state index contributed by atoms with van der Waals surface area (Å²) < 4.78 is 20.9. The second kappa shape index (κ2) is 9.11. The molecule has 0 radical (unpaired) electrons. The smallest absolute Gasteiger partial charge is 0.316 e. The molecule has 11 heteroatoms. The van der Waals surface area contributed by atoms with Crippen molar-refractivity contribution in [1.29, 1.82) is 0 Å². The molecule has 152 valence electrons. The molecule has 2 heterocycles. The Labute approximate surface area is 179 Å². The predicted octanol–water partition coefficient (Wildman–Crippen LogP) is 1.83. The molecule has 2 amide bonds. The molecule has 0 unspecified atom stereocenters. The Bertz CT molecular complexity index is 1050. The van der Waals surface area contributed by atoms with Gasteiger partial charge in [-0.05, 0) is 54.6 Å². The van der Waals surface area contributed by atoms with E-state index in [2.05, 4.69) is 48.5 Å². The second-order valence-corrected chi connectivity index (χ2v) is 7.26. The van der Waals surface area contributed by atoms with Crippen LogP contribution in [-0.2, 0) is 6.54 Å². The summed E-state index contributed by atoms with van der Waals surface area (Å²) in [7, 11) is 0. The molecule has 3 aromatic rings. The Kier molecular flexibility index (Phi) is 6.56. The average Bonchev–Trinajstić information content (AvgIpc) is 3.26. The molecular weight excluding hydrogens is 494 g/mol. The molecule has 0 aliphatic rings. The fourth-order valence-corrected chi connectivity index (χ4v) is 2.92. The van der Waals surface area contributed by atoms with Crippen molar-refractivity contribution in [2.45, 2.75) is 20.4 Å². The molecule has 29 heavy (non-hydrogen) atoms. The fraction of sp³-hybridized carbons (Fsp3) is 0.278. The zero-order chi connectivity index (χ0) is 21.0. The van der Waals surface area contributed by atoms with Gasteiger partial charge < -0.3 is 15.2 Å². The highest BCUT2D eigenvalue weighted by Crippen LogP contribution is 2.16. The lowest BCUT2D eigenvalue weighted by Crippen LogP contribution is -2.34. The lowest BCUT2D eigenvalue weighted by Gasteiger charge is -2.05. The summed E-state index contributed by atoms with van der Waals surface area (Å²) >= 11 is 2.22. The zero-order valence-electron chi connectivity index (χ0n) is 15.7. The molecule has 0 atom stereocenters. The minimum atomic E-state index is -0.549. The minimum absolute atomic E-state index is 0.146. The summed E-state index contributed by atoms with van der Waals surface area (Å²) in [4.78, 5) is 28.1. The van der Waals surface area contributed by atoms with Gasteiger partial charge in [-0.3, -0.25) is 14.3 Å². The van der Waals surface area contributed by atoms with Crippen molar-refractivity contribution >= 4 is 34.4 Å². The van der Waals surface area contributed by atoms with Gasteiger partial charge in [0.1, 0.15) is 12.4 Å². The van der Waals surface area contributed by atoms with Gasteiger partial charge in [0.25, 0.3) is 5.91 Å². The van der Waals surface area contributed by atoms with E-state index >= 15 is 0 Å². The number of rotatable bonds is 7. The Morgan fingerprint density at radius 2 is 1.93 bits per heavy atom. The molecule has 0 aliphatic carbocycles. The summed E-state index contributed by atoms with van der Waals surface area (Å²) in [6, 6.07) is 5.34. The van der Waals surface area contributed by atoms with Gasteiger partial charge in [0.15, 0.2) is 5.82 Å². The Morgan fingerprint density at radius 1 is 1.21 bits per heavy atom. The van der Waals surface area contributed by atoms with E-state index in [1.807, 2.05) is 13.8 Å². The van der Waals surface area contributed by atoms with Gasteiger partial charge in [0.05, 0.1) is 9.26 Å². The van der Waals surface area contributed by atoms with Crippen LogP contribution in [0.2, 0.25) is 0 Å². The normalized spacial score (nSPS) is 10.8. The topological polar surface area (TPSA) is 115 Å². The van der Waals surface area contributed by atoms with Crippen molar-refractivity contribution in [2.24, 2.45) is 0 Å². The number of aromatic nitrogens is 4. The van der Waals surface area contributed by atoms with Crippen LogP contribution in [-0.4, -0.2) is 44.8 Å². The SMILES string of the molecule is Cc1nn(Cc2noc(C(=O)NCCNC(=O)c3cccc(F)c3)n2)c(C)c1I. The van der Waals surface area contributed by atoms with Gasteiger partial charge in [-0.25, -0.2) is 4.39 Å². The molecular formula is C18H18FIN6O3. The number of aryl methyl sites for hydroxylation is 1. The quantitative estimate of drug-likeness (QED) is 0.369. The van der Waals surface area contributed by atoms with Gasteiger partial charge >= 0.3 is 11.8 Å². The van der Waals surface area contributed by atoms with Crippen molar-refractivity contribution in [1.82, 2.24) is 30.6 Å². The molecule has 3 rings (SSSR count). The first kappa shape index (κ1) is 20.9. The number of amides is 2. The van der Waals surface area contributed by atoms with Crippen molar-refractivity contribution in [3.05, 3.63) is 62.3 Å². The van der Waals surface area contributed by atoms with Crippen molar-refractivity contribution in [3.8, 4) is 0 Å². The summed E-state index contributed by atoms with van der Waals surface area (Å²) in [6.45, 7) is 4.44. The number of halogens is 2. The third-order valence-electron chi connectivity index (χ3n) is 4.03. The molecule has 0 spiro atoms. The van der Waals surface area contributed by atoms with Gasteiger partial charge in [-0.2, -0.15) is 10.1 Å². The maximum atomic E-state index is 13.1. The maximum absolute atomic E-state index is 13.1. The first-order valence-corrected chi connectivity index (χ1v) is 9.77. The van der Waals surface area contributed by atoms with Crippen LogP contribution in [0.1, 0.15) is 38.3 Å². The molecule has 0 saturated heterocycles. The molecule has 9 nitrogen and oxygen atoms in total. The van der Waals surface area contributed by atoms with E-state index in [0.717, 1.165) is 21.0 Å². The number of hydrogen-bond donors (Lipinski definition) is 2. The third kappa shape index (κ3) is 5.16. The van der Waals surface area contributed by atoms with E-state index in [0.29, 0.717) is 5.82 Å². The lowest BCUT2D eigenvalue weighted by molar-refractivity contribution is 0.0898. The first-order chi connectivity index (χ1) is 13.8. The summed E-state index contributed by atoms with van der Waals surface area (Å²) in [5, 5.41) is 13.3. The highest BCUT2D eigenvalue weighted by atomic mass is 127. The maximum Gasteiger partial charge on any atom is 0.316 e. The molecule has 2 aromatic heterocycles. The first-order valence-electron chi connectivity index (χ1n) is 8.69. The van der Waals surface area contributed by atoms with Crippen LogP contribution < -0.4 is 10.6 Å². The lowest BCUT2D eigenvalue weighted by atomic mass is 10.2. The molecule has 0 aliphatic heterocycles. The van der Waals surface area contributed by atoms with Crippen LogP contribution in [0.25, 0.3) is 0 Å². The van der Waals surface area contributed by atoms with Gasteiger partial charge in [-0.1, -0.05) is 11.2 Å². The van der Waals surface area contributed by atoms with Crippen LogP contribution in [0.15, 0.2) is 28.8 Å². The highest BCUT2D eigenvalue weighted by Gasteiger charge is 2.17. The second-order valence-electron chi connectivity index (χ2n) is 6.18. The number of nitrogens with one attached hydrogen (secondary N) is 2. The van der Waals surface area contributed by atoms with E-state index in [9.17, 15) is 14.0 Å². The molecule has 1 aromatic carbocycles. The predicted molar refractivity (Wildman–Crippen MR) is 109 cm³/mol. The monoisotopic (exact) mass is 512 g/mol. The van der Waals surface area contributed by atoms with Crippen LogP contribution in [0.4, 0.5) is 4.39 Å². The molecule has 2 N–H and O–H groups in total. The average molecular weight is 512 g/mol. The van der Waals surface area contributed by atoms with E-state index in [1.54, 1.807) is 4.68 Å². The van der Waals surface area contributed by atoms with E-state index in [4.69, 9.17) is 4.52 Å².